The van der Waals surface area contributed by atoms with Gasteiger partial charge in [-0.05, 0) is 63.2 Å². The Morgan fingerprint density at radius 2 is 1.75 bits per heavy atom. The van der Waals surface area contributed by atoms with Gasteiger partial charge in [-0.25, -0.2) is 19.6 Å². The quantitative estimate of drug-likeness (QED) is 0.126. The van der Waals surface area contributed by atoms with E-state index in [0.29, 0.717) is 38.2 Å². The van der Waals surface area contributed by atoms with E-state index in [1.54, 1.807) is 30.5 Å². The van der Waals surface area contributed by atoms with E-state index in [0.717, 1.165) is 33.0 Å². The summed E-state index contributed by atoms with van der Waals surface area (Å²) in [6.45, 7) is 5.20. The molecule has 0 aliphatic carbocycles. The third kappa shape index (κ3) is 8.60. The summed E-state index contributed by atoms with van der Waals surface area (Å²) in [5.74, 6) is 0.656. The standard InChI is InChI=1S/C24H20Cl2N8OS.C9H13N3O5/c1-24(2,3)32-23(35)31-21-14(19-15(25)5-4-6-16(19)26)9-12-11-27-22(30-20(12)29-21)28-13-7-8-17-18(10-13)34-36-33-17;10-5-1-2-12(9(16)11-5)8-7(15)6(14)4(3-13)17-8/h4-11H,1-3H3,(H3,27,28,29,30,31,32,35);1-2,4,6-8,13-15H,3H2,(H2,10,11,16)/t;4-,6-,7+,8-/m.1/s1. The second kappa shape index (κ2) is 15.5. The number of aliphatic hydroxyl groups is 3. The average Bonchev–Trinajstić information content (AvgIpc) is 3.67. The number of carbonyl (C=O) groups excluding carboxylic acids is 1. The van der Waals surface area contributed by atoms with Gasteiger partial charge in [0.1, 0.15) is 41.0 Å². The molecule has 2 amide bonds. The number of fused-ring (bicyclic) bond motifs is 2. The van der Waals surface area contributed by atoms with Crippen LogP contribution in [0.4, 0.5) is 28.1 Å². The van der Waals surface area contributed by atoms with Gasteiger partial charge in [-0.2, -0.15) is 18.7 Å². The van der Waals surface area contributed by atoms with Crippen molar-refractivity contribution in [2.75, 3.05) is 23.0 Å². The predicted octanol–water partition coefficient (Wildman–Crippen LogP) is 4.10. The molecule has 0 radical (unpaired) electrons. The van der Waals surface area contributed by atoms with E-state index in [-0.39, 0.29) is 11.6 Å². The van der Waals surface area contributed by atoms with Gasteiger partial charge in [-0.1, -0.05) is 29.3 Å². The molecule has 276 valence electrons. The fraction of sp³-hybridized carbons (Fsp3) is 0.273. The number of aromatic nitrogens is 7. The van der Waals surface area contributed by atoms with Gasteiger partial charge in [0.05, 0.1) is 28.4 Å². The van der Waals surface area contributed by atoms with Crippen molar-refractivity contribution in [3.05, 3.63) is 81.5 Å². The average molecular weight is 783 g/mol. The molecule has 2 aromatic carbocycles. The van der Waals surface area contributed by atoms with Gasteiger partial charge in [-0.15, -0.1) is 0 Å². The van der Waals surface area contributed by atoms with Gasteiger partial charge >= 0.3 is 11.7 Å². The summed E-state index contributed by atoms with van der Waals surface area (Å²) in [6.07, 6.45) is -1.62. The number of nitrogen functional groups attached to an aromatic ring is 1. The van der Waals surface area contributed by atoms with Crippen LogP contribution in [0.15, 0.2) is 65.7 Å². The Morgan fingerprint density at radius 1 is 1.02 bits per heavy atom. The molecule has 4 atom stereocenters. The molecule has 0 bridgehead atoms. The number of nitrogens with one attached hydrogen (secondary N) is 3. The lowest BCUT2D eigenvalue weighted by molar-refractivity contribution is -0.0549. The van der Waals surface area contributed by atoms with Gasteiger partial charge in [0.2, 0.25) is 5.95 Å². The predicted molar refractivity (Wildman–Crippen MR) is 201 cm³/mol. The van der Waals surface area contributed by atoms with Crippen LogP contribution in [0.5, 0.6) is 0 Å². The van der Waals surface area contributed by atoms with Gasteiger partial charge in [0.25, 0.3) is 0 Å². The molecule has 4 aromatic heterocycles. The molecule has 1 aliphatic rings. The number of rotatable bonds is 6. The third-order valence-electron chi connectivity index (χ3n) is 7.67. The maximum atomic E-state index is 12.7. The van der Waals surface area contributed by atoms with Crippen molar-refractivity contribution < 1.29 is 24.9 Å². The number of halogens is 2. The fourth-order valence-electron chi connectivity index (χ4n) is 5.26. The lowest BCUT2D eigenvalue weighted by atomic mass is 10.0. The van der Waals surface area contributed by atoms with E-state index in [9.17, 15) is 19.8 Å². The third-order valence-corrected chi connectivity index (χ3v) is 8.86. The van der Waals surface area contributed by atoms with Crippen LogP contribution in [-0.2, 0) is 4.74 Å². The lowest BCUT2D eigenvalue weighted by Gasteiger charge is -2.21. The highest BCUT2D eigenvalue weighted by molar-refractivity contribution is 7.00. The molecule has 0 spiro atoms. The first-order valence-corrected chi connectivity index (χ1v) is 17.4. The van der Waals surface area contributed by atoms with Gasteiger partial charge in [0, 0.05) is 40.1 Å². The van der Waals surface area contributed by atoms with Crippen LogP contribution in [-0.4, -0.2) is 85.1 Å². The van der Waals surface area contributed by atoms with Crippen LogP contribution in [0, 0.1) is 0 Å². The Morgan fingerprint density at radius 3 is 2.43 bits per heavy atom. The second-order valence-corrected chi connectivity index (χ2v) is 14.1. The fourth-order valence-corrected chi connectivity index (χ4v) is 6.38. The monoisotopic (exact) mass is 781 g/mol. The number of pyridine rings is 1. The maximum Gasteiger partial charge on any atom is 0.351 e. The molecule has 17 nitrogen and oxygen atoms in total. The molecule has 0 saturated carbocycles. The zero-order valence-electron chi connectivity index (χ0n) is 28.2. The summed E-state index contributed by atoms with van der Waals surface area (Å²) in [5.41, 5.74) is 8.02. The molecule has 53 heavy (non-hydrogen) atoms. The number of amides is 2. The van der Waals surface area contributed by atoms with Crippen molar-refractivity contribution in [2.24, 2.45) is 0 Å². The van der Waals surface area contributed by atoms with Crippen LogP contribution >= 0.6 is 34.9 Å². The second-order valence-electron chi connectivity index (χ2n) is 12.8. The minimum atomic E-state index is -1.31. The first-order valence-electron chi connectivity index (χ1n) is 15.9. The first-order chi connectivity index (χ1) is 25.2. The molecule has 0 unspecified atom stereocenters. The molecule has 8 N–H and O–H groups in total. The van der Waals surface area contributed by atoms with E-state index >= 15 is 0 Å². The largest absolute Gasteiger partial charge is 0.394 e. The van der Waals surface area contributed by atoms with Crippen LogP contribution < -0.4 is 27.4 Å². The summed E-state index contributed by atoms with van der Waals surface area (Å²) in [6, 6.07) is 13.6. The topological polar surface area (TPSA) is 248 Å². The highest BCUT2D eigenvalue weighted by Crippen LogP contribution is 2.39. The SMILES string of the molecule is CC(C)(C)NC(=O)Nc1nc2nc(Nc3ccc4nsnc4c3)ncc2cc1-c1c(Cl)cccc1Cl.Nc1ccn([C@@H]2O[C@H](CO)[C@@H](O)[C@@H]2O)c(=O)n1. The van der Waals surface area contributed by atoms with E-state index < -0.39 is 48.4 Å². The summed E-state index contributed by atoms with van der Waals surface area (Å²) in [4.78, 5) is 41.3. The minimum absolute atomic E-state index is 0.0537. The maximum absolute atomic E-state index is 12.7. The summed E-state index contributed by atoms with van der Waals surface area (Å²) in [7, 11) is 0. The number of ether oxygens (including phenoxy) is 1. The van der Waals surface area contributed by atoms with E-state index in [2.05, 4.69) is 44.6 Å². The van der Waals surface area contributed by atoms with Crippen molar-refractivity contribution >= 4 is 86.3 Å². The zero-order valence-corrected chi connectivity index (χ0v) is 30.6. The van der Waals surface area contributed by atoms with Gasteiger partial charge in [-0.3, -0.25) is 9.88 Å². The van der Waals surface area contributed by atoms with E-state index in [1.165, 1.54) is 12.3 Å². The number of nitrogens with zero attached hydrogens (tertiary/aromatic N) is 7. The Labute approximate surface area is 315 Å². The smallest absolute Gasteiger partial charge is 0.351 e. The van der Waals surface area contributed by atoms with Crippen molar-refractivity contribution in [1.82, 2.24) is 38.6 Å². The molecule has 1 fully saturated rings. The van der Waals surface area contributed by atoms with Gasteiger partial charge in [0.15, 0.2) is 11.9 Å². The molecule has 20 heteroatoms. The van der Waals surface area contributed by atoms with Crippen LogP contribution in [0.25, 0.3) is 33.2 Å². The number of hydrogen-bond acceptors (Lipinski definition) is 15. The molecule has 1 aliphatic heterocycles. The summed E-state index contributed by atoms with van der Waals surface area (Å²) in [5, 5.41) is 38.5. The molecule has 6 aromatic rings. The Balaban J connectivity index is 0.000000236. The van der Waals surface area contributed by atoms with Gasteiger partial charge < -0.3 is 36.4 Å². The number of nitrogens with two attached hydrogens (primary N) is 1. The zero-order chi connectivity index (χ0) is 38.0. The molecular formula is C33H33Cl2N11O6S. The molecular weight excluding hydrogens is 749 g/mol. The minimum Gasteiger partial charge on any atom is -0.394 e. The van der Waals surface area contributed by atoms with Crippen molar-refractivity contribution in [3.8, 4) is 11.1 Å². The summed E-state index contributed by atoms with van der Waals surface area (Å²) >= 11 is 14.1. The molecule has 7 rings (SSSR count). The number of carbonyl (C=O) groups is 1. The number of benzene rings is 2. The number of anilines is 4. The van der Waals surface area contributed by atoms with Crippen molar-refractivity contribution in [2.45, 2.75) is 50.8 Å². The van der Waals surface area contributed by atoms with Crippen molar-refractivity contribution in [1.29, 1.82) is 0 Å². The Kier molecular flexibility index (Phi) is 11.0. The summed E-state index contributed by atoms with van der Waals surface area (Å²) < 4.78 is 14.7. The van der Waals surface area contributed by atoms with Crippen LogP contribution in [0.3, 0.4) is 0 Å². The highest BCUT2D eigenvalue weighted by Gasteiger charge is 2.43. The highest BCUT2D eigenvalue weighted by atomic mass is 35.5. The van der Waals surface area contributed by atoms with Crippen LogP contribution in [0.1, 0.15) is 27.0 Å². The van der Waals surface area contributed by atoms with E-state index in [1.807, 2.05) is 39.0 Å². The Bertz CT molecular complexity index is 2340. The number of hydrogen-bond donors (Lipinski definition) is 7. The molecule has 1 saturated heterocycles. The van der Waals surface area contributed by atoms with E-state index in [4.69, 9.17) is 38.8 Å². The van der Waals surface area contributed by atoms with Crippen molar-refractivity contribution in [3.63, 3.8) is 0 Å². The first kappa shape index (κ1) is 37.7. The lowest BCUT2D eigenvalue weighted by Crippen LogP contribution is -2.43. The Hall–Kier alpha value is -5.08. The number of aliphatic hydroxyl groups excluding tert-OH is 3. The van der Waals surface area contributed by atoms with Crippen LogP contribution in [0.2, 0.25) is 10.0 Å². The molecule has 5 heterocycles. The normalized spacial score (nSPS) is 18.4. The number of urea groups is 1.